The Kier molecular flexibility index (Phi) is 6.33. The quantitative estimate of drug-likeness (QED) is 0.750. The fraction of sp³-hybridized carbons (Fsp3) is 0.250. The van der Waals surface area contributed by atoms with E-state index in [0.29, 0.717) is 11.4 Å². The number of hydrogen-bond donors (Lipinski definition) is 1. The first-order chi connectivity index (χ1) is 14.6. The number of amides is 3. The summed E-state index contributed by atoms with van der Waals surface area (Å²) in [5, 5.41) is 2.48. The number of ether oxygens (including phenoxy) is 2. The summed E-state index contributed by atoms with van der Waals surface area (Å²) in [5.41, 5.74) is 0.698. The summed E-state index contributed by atoms with van der Waals surface area (Å²) < 4.78 is 45.6. The Balaban J connectivity index is 1.55. The molecular formula is C20H18F3N3O5. The lowest BCUT2D eigenvalue weighted by Crippen LogP contribution is -2.46. The minimum absolute atomic E-state index is 0.192. The van der Waals surface area contributed by atoms with E-state index in [1.165, 1.54) is 24.1 Å². The van der Waals surface area contributed by atoms with Crippen LogP contribution in [0, 0.1) is 0 Å². The Labute approximate surface area is 175 Å². The molecule has 1 N–H and O–H groups in total. The lowest BCUT2D eigenvalue weighted by molar-refractivity contribution is -0.274. The standard InChI is InChI=1S/C20H18F3N3O5/c1-25(10-17(27)24-13-6-8-14(9-7-13)31-20(21,22)23)18(28)11-26-15-4-2-3-5-16(15)30-12-19(26)29/h2-9H,10-12H2,1H3,(H,24,27). The molecular weight excluding hydrogens is 419 g/mol. The molecule has 3 rings (SSSR count). The fourth-order valence-electron chi connectivity index (χ4n) is 2.83. The van der Waals surface area contributed by atoms with E-state index in [9.17, 15) is 27.6 Å². The Bertz CT molecular complexity index is 979. The molecule has 0 aliphatic carbocycles. The van der Waals surface area contributed by atoms with Crippen molar-refractivity contribution in [2.75, 3.05) is 37.0 Å². The molecule has 164 valence electrons. The average molecular weight is 437 g/mol. The van der Waals surface area contributed by atoms with Crippen molar-refractivity contribution in [2.45, 2.75) is 6.36 Å². The SMILES string of the molecule is CN(CC(=O)Nc1ccc(OC(F)(F)F)cc1)C(=O)CN1C(=O)COc2ccccc21. The van der Waals surface area contributed by atoms with Crippen molar-refractivity contribution < 1.29 is 37.0 Å². The number of nitrogens with one attached hydrogen (secondary N) is 1. The molecule has 0 unspecified atom stereocenters. The molecule has 1 heterocycles. The first-order valence-electron chi connectivity index (χ1n) is 9.04. The molecule has 1 aliphatic heterocycles. The van der Waals surface area contributed by atoms with Crippen LogP contribution in [-0.2, 0) is 14.4 Å². The highest BCUT2D eigenvalue weighted by Crippen LogP contribution is 2.31. The van der Waals surface area contributed by atoms with E-state index < -0.39 is 23.9 Å². The van der Waals surface area contributed by atoms with E-state index in [-0.39, 0.29) is 31.3 Å². The highest BCUT2D eigenvalue weighted by Gasteiger charge is 2.31. The Morgan fingerprint density at radius 3 is 2.52 bits per heavy atom. The van der Waals surface area contributed by atoms with Crippen molar-refractivity contribution in [2.24, 2.45) is 0 Å². The maximum atomic E-state index is 12.5. The number of alkyl halides is 3. The number of para-hydroxylation sites is 2. The van der Waals surface area contributed by atoms with E-state index in [1.807, 2.05) is 0 Å². The van der Waals surface area contributed by atoms with E-state index in [2.05, 4.69) is 10.1 Å². The molecule has 0 bridgehead atoms. The summed E-state index contributed by atoms with van der Waals surface area (Å²) in [6, 6.07) is 11.4. The number of nitrogens with zero attached hydrogens (tertiary/aromatic N) is 2. The van der Waals surface area contributed by atoms with Crippen molar-refractivity contribution >= 4 is 29.1 Å². The molecule has 0 saturated carbocycles. The molecule has 0 fully saturated rings. The van der Waals surface area contributed by atoms with Gasteiger partial charge in [-0.15, -0.1) is 13.2 Å². The summed E-state index contributed by atoms with van der Waals surface area (Å²) in [6.45, 7) is -0.783. The van der Waals surface area contributed by atoms with Crippen LogP contribution in [0.5, 0.6) is 11.5 Å². The van der Waals surface area contributed by atoms with Gasteiger partial charge in [0.05, 0.1) is 12.2 Å². The van der Waals surface area contributed by atoms with Gasteiger partial charge in [-0.3, -0.25) is 19.3 Å². The molecule has 8 nitrogen and oxygen atoms in total. The molecule has 0 radical (unpaired) electrons. The van der Waals surface area contributed by atoms with Gasteiger partial charge in [0.2, 0.25) is 11.8 Å². The molecule has 11 heteroatoms. The van der Waals surface area contributed by atoms with E-state index >= 15 is 0 Å². The number of carbonyl (C=O) groups excluding carboxylic acids is 3. The number of carbonyl (C=O) groups is 3. The first-order valence-corrected chi connectivity index (χ1v) is 9.04. The normalized spacial score (nSPS) is 13.2. The van der Waals surface area contributed by atoms with Crippen molar-refractivity contribution in [3.63, 3.8) is 0 Å². The molecule has 0 aromatic heterocycles. The molecule has 0 saturated heterocycles. The summed E-state index contributed by atoms with van der Waals surface area (Å²) >= 11 is 0. The van der Waals surface area contributed by atoms with Gasteiger partial charge in [0, 0.05) is 12.7 Å². The predicted octanol–water partition coefficient (Wildman–Crippen LogP) is 2.41. The fourth-order valence-corrected chi connectivity index (χ4v) is 2.83. The van der Waals surface area contributed by atoms with Crippen molar-refractivity contribution in [3.8, 4) is 11.5 Å². The topological polar surface area (TPSA) is 88.2 Å². The van der Waals surface area contributed by atoms with Gasteiger partial charge in [0.25, 0.3) is 5.91 Å². The van der Waals surface area contributed by atoms with Gasteiger partial charge in [-0.25, -0.2) is 0 Å². The van der Waals surface area contributed by atoms with Crippen LogP contribution >= 0.6 is 0 Å². The molecule has 31 heavy (non-hydrogen) atoms. The maximum Gasteiger partial charge on any atom is 0.573 e. The summed E-state index contributed by atoms with van der Waals surface area (Å²) in [4.78, 5) is 39.3. The third-order valence-electron chi connectivity index (χ3n) is 4.28. The van der Waals surface area contributed by atoms with Crippen molar-refractivity contribution in [1.82, 2.24) is 4.90 Å². The molecule has 0 spiro atoms. The molecule has 2 aromatic rings. The molecule has 3 amide bonds. The maximum absolute atomic E-state index is 12.5. The number of anilines is 2. The number of hydrogen-bond acceptors (Lipinski definition) is 5. The largest absolute Gasteiger partial charge is 0.573 e. The average Bonchev–Trinajstić information content (AvgIpc) is 2.70. The highest BCUT2D eigenvalue weighted by atomic mass is 19.4. The zero-order valence-corrected chi connectivity index (χ0v) is 16.3. The number of halogens is 3. The zero-order valence-electron chi connectivity index (χ0n) is 16.3. The van der Waals surface area contributed by atoms with Crippen LogP contribution in [-0.4, -0.2) is 55.7 Å². The Hall–Kier alpha value is -3.76. The van der Waals surface area contributed by atoms with Gasteiger partial charge >= 0.3 is 6.36 Å². The van der Waals surface area contributed by atoms with Gasteiger partial charge in [-0.1, -0.05) is 12.1 Å². The van der Waals surface area contributed by atoms with Crippen LogP contribution < -0.4 is 19.7 Å². The zero-order chi connectivity index (χ0) is 22.6. The lowest BCUT2D eigenvalue weighted by Gasteiger charge is -2.30. The summed E-state index contributed by atoms with van der Waals surface area (Å²) in [7, 11) is 1.40. The third-order valence-corrected chi connectivity index (χ3v) is 4.28. The number of rotatable bonds is 6. The first kappa shape index (κ1) is 21.9. The smallest absolute Gasteiger partial charge is 0.482 e. The predicted molar refractivity (Wildman–Crippen MR) is 104 cm³/mol. The van der Waals surface area contributed by atoms with Gasteiger partial charge in [-0.05, 0) is 36.4 Å². The minimum Gasteiger partial charge on any atom is -0.482 e. The van der Waals surface area contributed by atoms with Crippen LogP contribution in [0.2, 0.25) is 0 Å². The summed E-state index contributed by atoms with van der Waals surface area (Å²) in [5.74, 6) is -1.37. The lowest BCUT2D eigenvalue weighted by atomic mass is 10.2. The van der Waals surface area contributed by atoms with Crippen LogP contribution in [0.25, 0.3) is 0 Å². The van der Waals surface area contributed by atoms with Gasteiger partial charge in [0.15, 0.2) is 6.61 Å². The van der Waals surface area contributed by atoms with E-state index in [1.54, 1.807) is 24.3 Å². The van der Waals surface area contributed by atoms with Crippen LogP contribution in [0.4, 0.5) is 24.5 Å². The number of fused-ring (bicyclic) bond motifs is 1. The minimum atomic E-state index is -4.81. The highest BCUT2D eigenvalue weighted by molar-refractivity contribution is 6.03. The third kappa shape index (κ3) is 5.87. The number of benzene rings is 2. The van der Waals surface area contributed by atoms with E-state index in [4.69, 9.17) is 4.74 Å². The Morgan fingerprint density at radius 2 is 1.84 bits per heavy atom. The van der Waals surface area contributed by atoms with Crippen molar-refractivity contribution in [3.05, 3.63) is 48.5 Å². The summed E-state index contributed by atoms with van der Waals surface area (Å²) in [6.07, 6.45) is -4.81. The second-order valence-electron chi connectivity index (χ2n) is 6.61. The monoisotopic (exact) mass is 437 g/mol. The molecule has 0 atom stereocenters. The molecule has 2 aromatic carbocycles. The van der Waals surface area contributed by atoms with Gasteiger partial charge < -0.3 is 19.7 Å². The van der Waals surface area contributed by atoms with Crippen LogP contribution in [0.1, 0.15) is 0 Å². The van der Waals surface area contributed by atoms with Gasteiger partial charge in [-0.2, -0.15) is 0 Å². The van der Waals surface area contributed by atoms with Crippen LogP contribution in [0.15, 0.2) is 48.5 Å². The Morgan fingerprint density at radius 1 is 1.16 bits per heavy atom. The van der Waals surface area contributed by atoms with Crippen LogP contribution in [0.3, 0.4) is 0 Å². The molecule has 1 aliphatic rings. The number of likely N-dealkylation sites (N-methyl/N-ethyl adjacent to an activating group) is 1. The van der Waals surface area contributed by atoms with Crippen molar-refractivity contribution in [1.29, 1.82) is 0 Å². The second-order valence-corrected chi connectivity index (χ2v) is 6.61. The van der Waals surface area contributed by atoms with Gasteiger partial charge in [0.1, 0.15) is 18.0 Å². The second kappa shape index (κ2) is 8.94. The van der Waals surface area contributed by atoms with E-state index in [0.717, 1.165) is 17.0 Å².